The number of unbranched alkanes of at least 4 members (excludes halogenated alkanes) is 1. The van der Waals surface area contributed by atoms with Crippen LogP contribution in [-0.4, -0.2) is 23.7 Å². The summed E-state index contributed by atoms with van der Waals surface area (Å²) in [4.78, 5) is 20.1. The van der Waals surface area contributed by atoms with E-state index in [2.05, 4.69) is 5.32 Å². The van der Waals surface area contributed by atoms with Crippen molar-refractivity contribution >= 4 is 12.0 Å². The molecule has 0 saturated carbocycles. The summed E-state index contributed by atoms with van der Waals surface area (Å²) >= 11 is 0. The van der Waals surface area contributed by atoms with Gasteiger partial charge in [0.1, 0.15) is 0 Å². The Morgan fingerprint density at radius 1 is 1.36 bits per heavy atom. The first-order valence-electron chi connectivity index (χ1n) is 3.38. The highest BCUT2D eigenvalue weighted by atomic mass is 16.4. The Morgan fingerprint density at radius 2 is 2.00 bits per heavy atom. The van der Waals surface area contributed by atoms with E-state index in [9.17, 15) is 9.59 Å². The maximum Gasteiger partial charge on any atom is 0.312 e. The first kappa shape index (κ1) is 9.74. The lowest BCUT2D eigenvalue weighted by Gasteiger charge is -1.98. The highest BCUT2D eigenvalue weighted by molar-refractivity contribution is 5.71. The number of aliphatic carboxylic acids is 1. The minimum Gasteiger partial charge on any atom is -0.481 e. The zero-order chi connectivity index (χ0) is 8.69. The number of hydrogen-bond acceptors (Lipinski definition) is 2. The summed E-state index contributed by atoms with van der Waals surface area (Å²) in [6.07, 6.45) is 1.35. The van der Waals surface area contributed by atoms with E-state index >= 15 is 0 Å². The van der Waals surface area contributed by atoms with Crippen molar-refractivity contribution in [3.05, 3.63) is 0 Å². The minimum atomic E-state index is -0.816. The van der Waals surface area contributed by atoms with Crippen LogP contribution in [0.3, 0.4) is 0 Å². The maximum absolute atomic E-state index is 10.1. The number of urea groups is 1. The van der Waals surface area contributed by atoms with Crippen molar-refractivity contribution in [1.82, 2.24) is 5.32 Å². The van der Waals surface area contributed by atoms with Gasteiger partial charge in [0.2, 0.25) is 0 Å². The molecular weight excluding hydrogens is 148 g/mol. The highest BCUT2D eigenvalue weighted by Crippen LogP contribution is 1.92. The molecule has 2 amide bonds. The van der Waals surface area contributed by atoms with Gasteiger partial charge in [0, 0.05) is 13.0 Å². The van der Waals surface area contributed by atoms with Gasteiger partial charge in [-0.3, -0.25) is 4.79 Å². The van der Waals surface area contributed by atoms with Gasteiger partial charge < -0.3 is 16.2 Å². The molecule has 0 fully saturated rings. The number of carboxylic acids is 1. The number of nitrogens with one attached hydrogen (secondary N) is 1. The number of rotatable bonds is 5. The van der Waals surface area contributed by atoms with Crippen molar-refractivity contribution < 1.29 is 14.7 Å². The number of carbonyl (C=O) groups is 2. The molecule has 0 bridgehead atoms. The van der Waals surface area contributed by atoms with Crippen LogP contribution in [0.5, 0.6) is 0 Å². The number of primary amides is 1. The zero-order valence-corrected chi connectivity index (χ0v) is 6.17. The van der Waals surface area contributed by atoms with Gasteiger partial charge in [-0.2, -0.15) is 0 Å². The van der Waals surface area contributed by atoms with Crippen LogP contribution < -0.4 is 11.1 Å². The van der Waals surface area contributed by atoms with E-state index < -0.39 is 12.0 Å². The molecule has 0 spiro atoms. The molecule has 0 aromatic heterocycles. The van der Waals surface area contributed by atoms with E-state index in [1.165, 1.54) is 0 Å². The van der Waals surface area contributed by atoms with Gasteiger partial charge in [-0.15, -0.1) is 0 Å². The van der Waals surface area contributed by atoms with E-state index in [4.69, 9.17) is 10.8 Å². The number of hydrogen-bond donors (Lipinski definition) is 3. The predicted octanol–water partition coefficient (Wildman–Crippen LogP) is -0.0904. The summed E-state index contributed by atoms with van der Waals surface area (Å²) in [7, 11) is 0. The van der Waals surface area contributed by atoms with Crippen molar-refractivity contribution in [1.29, 1.82) is 0 Å². The van der Waals surface area contributed by atoms with Gasteiger partial charge in [0.05, 0.1) is 0 Å². The maximum atomic E-state index is 10.1. The van der Waals surface area contributed by atoms with Crippen LogP contribution in [0, 0.1) is 0 Å². The van der Waals surface area contributed by atoms with E-state index in [1.807, 2.05) is 0 Å². The molecule has 0 aromatic rings. The van der Waals surface area contributed by atoms with Crippen LogP contribution in [0.4, 0.5) is 4.79 Å². The number of nitrogens with two attached hydrogens (primary N) is 1. The standard InChI is InChI=1S/C6H12N2O3/c7-6(11)8-4-2-1-3-5(9)10/h1-4H2,(H,9,10)(H3,7,8,11). The molecule has 0 aliphatic carbocycles. The van der Waals surface area contributed by atoms with Crippen LogP contribution in [0.2, 0.25) is 0 Å². The summed E-state index contributed by atoms with van der Waals surface area (Å²) in [6, 6.07) is -0.569. The smallest absolute Gasteiger partial charge is 0.312 e. The fourth-order valence-corrected chi connectivity index (χ4v) is 0.613. The Morgan fingerprint density at radius 3 is 2.45 bits per heavy atom. The van der Waals surface area contributed by atoms with Crippen LogP contribution in [0.15, 0.2) is 0 Å². The fourth-order valence-electron chi connectivity index (χ4n) is 0.613. The van der Waals surface area contributed by atoms with Crippen LogP contribution in [-0.2, 0) is 4.79 Å². The molecule has 4 N–H and O–H groups in total. The van der Waals surface area contributed by atoms with Gasteiger partial charge in [0.15, 0.2) is 0 Å². The zero-order valence-electron chi connectivity index (χ0n) is 6.17. The molecule has 0 rings (SSSR count). The molecule has 64 valence electrons. The normalized spacial score (nSPS) is 9.09. The van der Waals surface area contributed by atoms with Crippen LogP contribution in [0.1, 0.15) is 19.3 Å². The summed E-state index contributed by atoms with van der Waals surface area (Å²) < 4.78 is 0. The second-order valence-electron chi connectivity index (χ2n) is 2.14. The number of carbonyl (C=O) groups excluding carboxylic acids is 1. The molecule has 5 heteroatoms. The van der Waals surface area contributed by atoms with Gasteiger partial charge in [0.25, 0.3) is 0 Å². The van der Waals surface area contributed by atoms with E-state index in [-0.39, 0.29) is 6.42 Å². The average molecular weight is 160 g/mol. The molecule has 0 aromatic carbocycles. The van der Waals surface area contributed by atoms with Gasteiger partial charge >= 0.3 is 12.0 Å². The Kier molecular flexibility index (Phi) is 4.89. The average Bonchev–Trinajstić information content (AvgIpc) is 1.85. The Hall–Kier alpha value is -1.26. The number of amides is 2. The van der Waals surface area contributed by atoms with Crippen LogP contribution >= 0.6 is 0 Å². The second kappa shape index (κ2) is 5.52. The summed E-state index contributed by atoms with van der Waals surface area (Å²) in [5.74, 6) is -0.816. The quantitative estimate of drug-likeness (QED) is 0.491. The molecule has 0 atom stereocenters. The minimum absolute atomic E-state index is 0.139. The summed E-state index contributed by atoms with van der Waals surface area (Å²) in [5, 5.41) is 10.6. The van der Waals surface area contributed by atoms with E-state index in [0.717, 1.165) is 0 Å². The molecule has 0 aliphatic heterocycles. The SMILES string of the molecule is NC(=O)NCCCCC(=O)O. The van der Waals surface area contributed by atoms with Crippen molar-refractivity contribution in [2.45, 2.75) is 19.3 Å². The first-order valence-corrected chi connectivity index (χ1v) is 3.38. The molecule has 0 saturated heterocycles. The third-order valence-electron chi connectivity index (χ3n) is 1.12. The van der Waals surface area contributed by atoms with Crippen molar-refractivity contribution in [3.8, 4) is 0 Å². The molecule has 11 heavy (non-hydrogen) atoms. The van der Waals surface area contributed by atoms with Gasteiger partial charge in [-0.1, -0.05) is 0 Å². The Balaban J connectivity index is 3.03. The highest BCUT2D eigenvalue weighted by Gasteiger charge is 1.96. The molecule has 0 heterocycles. The number of carboxylic acid groups (broad SMARTS) is 1. The molecule has 0 radical (unpaired) electrons. The molecular formula is C6H12N2O3. The molecule has 0 unspecified atom stereocenters. The van der Waals surface area contributed by atoms with Gasteiger partial charge in [-0.25, -0.2) is 4.79 Å². The van der Waals surface area contributed by atoms with Crippen molar-refractivity contribution in [3.63, 3.8) is 0 Å². The van der Waals surface area contributed by atoms with E-state index in [1.54, 1.807) is 0 Å². The lowest BCUT2D eigenvalue weighted by molar-refractivity contribution is -0.137. The van der Waals surface area contributed by atoms with Crippen LogP contribution in [0.25, 0.3) is 0 Å². The Bertz CT molecular complexity index is 131. The third-order valence-corrected chi connectivity index (χ3v) is 1.12. The summed E-state index contributed by atoms with van der Waals surface area (Å²) in [6.45, 7) is 0.447. The summed E-state index contributed by atoms with van der Waals surface area (Å²) in [5.41, 5.74) is 4.77. The first-order chi connectivity index (χ1) is 5.13. The second-order valence-corrected chi connectivity index (χ2v) is 2.14. The third kappa shape index (κ3) is 8.74. The topological polar surface area (TPSA) is 92.4 Å². The Labute approximate surface area is 64.6 Å². The predicted molar refractivity (Wildman–Crippen MR) is 39.1 cm³/mol. The lowest BCUT2D eigenvalue weighted by atomic mass is 10.2. The van der Waals surface area contributed by atoms with Crippen molar-refractivity contribution in [2.75, 3.05) is 6.54 Å². The van der Waals surface area contributed by atoms with Crippen molar-refractivity contribution in [2.24, 2.45) is 5.73 Å². The molecule has 5 nitrogen and oxygen atoms in total. The van der Waals surface area contributed by atoms with E-state index in [0.29, 0.717) is 19.4 Å². The largest absolute Gasteiger partial charge is 0.481 e. The molecule has 0 aliphatic rings. The monoisotopic (exact) mass is 160 g/mol. The van der Waals surface area contributed by atoms with Gasteiger partial charge in [-0.05, 0) is 12.8 Å². The fraction of sp³-hybridized carbons (Fsp3) is 0.667. The lowest BCUT2D eigenvalue weighted by Crippen LogP contribution is -2.30.